The first-order chi connectivity index (χ1) is 21.2. The normalized spacial score (nSPS) is 22.4. The molecule has 0 unspecified atom stereocenters. The van der Waals surface area contributed by atoms with Gasteiger partial charge in [0, 0.05) is 68.8 Å². The minimum Gasteiger partial charge on any atom is -0.490 e. The third-order valence-corrected chi connectivity index (χ3v) is 9.38. The highest BCUT2D eigenvalue weighted by atomic mass is 19.4. The summed E-state index contributed by atoms with van der Waals surface area (Å²) < 4.78 is 66.9. The van der Waals surface area contributed by atoms with Gasteiger partial charge in [0.25, 0.3) is 5.91 Å². The van der Waals surface area contributed by atoms with E-state index in [1.54, 1.807) is 29.2 Å². The molecule has 0 aromatic heterocycles. The summed E-state index contributed by atoms with van der Waals surface area (Å²) in [6, 6.07) is 10.2. The van der Waals surface area contributed by atoms with Gasteiger partial charge >= 0.3 is 6.18 Å². The van der Waals surface area contributed by atoms with Gasteiger partial charge in [-0.3, -0.25) is 4.79 Å². The fourth-order valence-corrected chi connectivity index (χ4v) is 6.82. The molecule has 1 atom stereocenters. The molecule has 4 aliphatic heterocycles. The molecule has 2 aromatic carbocycles. The lowest BCUT2D eigenvalue weighted by Crippen LogP contribution is -2.89. The zero-order valence-corrected chi connectivity index (χ0v) is 25.0. The molecule has 0 spiro atoms. The number of hydrogen-bond acceptors (Lipinski definition) is 5. The molecule has 0 bridgehead atoms. The maximum Gasteiger partial charge on any atom is 0.391 e. The number of ether oxygens (including phenoxy) is 2. The highest BCUT2D eigenvalue weighted by Gasteiger charge is 2.41. The molecule has 4 N–H and O–H groups in total. The Morgan fingerprint density at radius 2 is 1.52 bits per heavy atom. The van der Waals surface area contributed by atoms with E-state index in [0.29, 0.717) is 48.7 Å². The second kappa shape index (κ2) is 13.4. The van der Waals surface area contributed by atoms with Crippen molar-refractivity contribution in [1.29, 1.82) is 0 Å². The van der Waals surface area contributed by atoms with Crippen molar-refractivity contribution >= 4 is 17.3 Å². The van der Waals surface area contributed by atoms with Crippen molar-refractivity contribution in [3.05, 3.63) is 47.8 Å². The van der Waals surface area contributed by atoms with Gasteiger partial charge in [0.2, 0.25) is 0 Å². The Balaban J connectivity index is 1.10. The monoisotopic (exact) mass is 621 g/mol. The van der Waals surface area contributed by atoms with E-state index in [-0.39, 0.29) is 49.9 Å². The Morgan fingerprint density at radius 3 is 2.20 bits per heavy atom. The third-order valence-electron chi connectivity index (χ3n) is 9.38. The van der Waals surface area contributed by atoms with Crippen LogP contribution in [-0.2, 0) is 0 Å². The topological polar surface area (TPSA) is 78.5 Å². The number of carbonyl (C=O) groups excluding carboxylic acids is 1. The summed E-state index contributed by atoms with van der Waals surface area (Å²) in [7, 11) is 0. The quantitative estimate of drug-likeness (QED) is 0.465. The van der Waals surface area contributed by atoms with E-state index in [2.05, 4.69) is 15.5 Å². The number of piperidine rings is 2. The summed E-state index contributed by atoms with van der Waals surface area (Å²) in [5, 5.41) is 4.44. The van der Waals surface area contributed by atoms with Crippen molar-refractivity contribution in [3.8, 4) is 11.5 Å². The second-order valence-electron chi connectivity index (χ2n) is 12.4. The van der Waals surface area contributed by atoms with Gasteiger partial charge in [-0.25, -0.2) is 4.39 Å². The number of benzene rings is 2. The largest absolute Gasteiger partial charge is 0.490 e. The van der Waals surface area contributed by atoms with E-state index in [1.165, 1.54) is 6.07 Å². The van der Waals surface area contributed by atoms with Gasteiger partial charge in [0.1, 0.15) is 30.0 Å². The van der Waals surface area contributed by atoms with Crippen LogP contribution < -0.4 is 29.9 Å². The molecule has 0 radical (unpaired) electrons. The first kappa shape index (κ1) is 30.8. The number of rotatable bonds is 7. The van der Waals surface area contributed by atoms with Crippen LogP contribution in [0.25, 0.3) is 0 Å². The van der Waals surface area contributed by atoms with E-state index < -0.39 is 12.1 Å². The molecule has 4 fully saturated rings. The Hall–Kier alpha value is -3.25. The van der Waals surface area contributed by atoms with Crippen LogP contribution in [0.4, 0.5) is 28.9 Å². The Labute approximate surface area is 255 Å². The van der Waals surface area contributed by atoms with Gasteiger partial charge < -0.3 is 34.8 Å². The maximum absolute atomic E-state index is 14.4. The van der Waals surface area contributed by atoms with Crippen LogP contribution in [0.3, 0.4) is 0 Å². The maximum atomic E-state index is 14.4. The lowest BCUT2D eigenvalue weighted by molar-refractivity contribution is -0.655. The molecule has 0 aliphatic carbocycles. The number of anilines is 2. The van der Waals surface area contributed by atoms with Crippen LogP contribution in [0.5, 0.6) is 11.5 Å². The van der Waals surface area contributed by atoms with Gasteiger partial charge in [-0.1, -0.05) is 0 Å². The van der Waals surface area contributed by atoms with E-state index >= 15 is 0 Å². The van der Waals surface area contributed by atoms with Crippen molar-refractivity contribution in [1.82, 2.24) is 4.90 Å². The smallest absolute Gasteiger partial charge is 0.391 e. The van der Waals surface area contributed by atoms with Gasteiger partial charge in [-0.05, 0) is 37.1 Å². The van der Waals surface area contributed by atoms with E-state index in [0.717, 1.165) is 51.4 Å². The minimum absolute atomic E-state index is 0.0231. The number of hydrogen-bond donors (Lipinski definition) is 2. The molecule has 0 saturated carbocycles. The molecule has 1 amide bonds. The molecule has 8 nitrogen and oxygen atoms in total. The van der Waals surface area contributed by atoms with Gasteiger partial charge in [-0.15, -0.1) is 0 Å². The predicted octanol–water partition coefficient (Wildman–Crippen LogP) is 2.39. The summed E-state index contributed by atoms with van der Waals surface area (Å²) in [6.07, 6.45) is -2.10. The lowest BCUT2D eigenvalue weighted by atomic mass is 9.95. The van der Waals surface area contributed by atoms with Crippen molar-refractivity contribution in [3.63, 3.8) is 0 Å². The first-order valence-electron chi connectivity index (χ1n) is 16.0. The summed E-state index contributed by atoms with van der Waals surface area (Å²) in [6.45, 7) is 7.01. The van der Waals surface area contributed by atoms with Crippen LogP contribution in [-0.4, -0.2) is 94.6 Å². The second-order valence-corrected chi connectivity index (χ2v) is 12.4. The number of carbonyl (C=O) groups is 1. The summed E-state index contributed by atoms with van der Waals surface area (Å²) in [4.78, 5) is 19.5. The highest BCUT2D eigenvalue weighted by Crippen LogP contribution is 2.39. The predicted molar refractivity (Wildman–Crippen MR) is 158 cm³/mol. The molecular weight excluding hydrogens is 578 g/mol. The van der Waals surface area contributed by atoms with Crippen LogP contribution >= 0.6 is 0 Å². The number of nitrogens with zero attached hydrogens (tertiary/aromatic N) is 3. The number of alkyl halides is 3. The van der Waals surface area contributed by atoms with Crippen molar-refractivity contribution in [2.24, 2.45) is 5.92 Å². The Morgan fingerprint density at radius 1 is 0.773 bits per heavy atom. The van der Waals surface area contributed by atoms with Gasteiger partial charge in [0.15, 0.2) is 6.10 Å². The molecule has 4 saturated heterocycles. The van der Waals surface area contributed by atoms with Gasteiger partial charge in [0.05, 0.1) is 44.3 Å². The lowest BCUT2D eigenvalue weighted by Gasteiger charge is -2.36. The molecule has 4 aliphatic rings. The number of halogens is 4. The molecule has 6 rings (SSSR count). The number of quaternary nitrogens is 2. The van der Waals surface area contributed by atoms with E-state index in [4.69, 9.17) is 9.47 Å². The molecule has 12 heteroatoms. The Bertz CT molecular complexity index is 1280. The first-order valence-corrected chi connectivity index (χ1v) is 16.0. The zero-order chi connectivity index (χ0) is 30.7. The van der Waals surface area contributed by atoms with Crippen molar-refractivity contribution in [2.75, 3.05) is 75.2 Å². The average Bonchev–Trinajstić information content (AvgIpc) is 3.54. The standard InChI is InChI=1S/C32H41F4N5O3/c33-24-18-25(39-15-9-37-10-16-39)20-28(19-24)43-26-6-13-41(14-7-26)31(42)22-1-2-30(44-27-3-8-38-21-27)29(17-22)40-11-4-23(5-12-40)32(34,35)36/h1-2,17-20,23,26-27,37-38H,3-16,21H2/p+2/t27-/m0/s1. The Kier molecular flexibility index (Phi) is 9.37. The van der Waals surface area contributed by atoms with Crippen LogP contribution in [0.2, 0.25) is 0 Å². The molecular formula is C32H43F4N5O3+2. The minimum atomic E-state index is -4.19. The fraction of sp³-hybridized carbons (Fsp3) is 0.594. The van der Waals surface area contributed by atoms with Crippen molar-refractivity contribution in [2.45, 2.75) is 50.5 Å². The molecule has 4 heterocycles. The van der Waals surface area contributed by atoms with Crippen molar-refractivity contribution < 1.29 is 42.5 Å². The fourth-order valence-electron chi connectivity index (χ4n) is 6.82. The van der Waals surface area contributed by atoms with E-state index in [1.807, 2.05) is 11.0 Å². The third kappa shape index (κ3) is 7.34. The molecule has 44 heavy (non-hydrogen) atoms. The molecule has 2 aromatic rings. The van der Waals surface area contributed by atoms with E-state index in [9.17, 15) is 22.4 Å². The van der Waals surface area contributed by atoms with Crippen LogP contribution in [0, 0.1) is 11.7 Å². The molecule has 240 valence electrons. The number of piperazine rings is 1. The number of nitrogens with two attached hydrogens (primary N) is 2. The van der Waals surface area contributed by atoms with Gasteiger partial charge in [-0.2, -0.15) is 13.2 Å². The summed E-state index contributed by atoms with van der Waals surface area (Å²) in [5.74, 6) is -0.615. The summed E-state index contributed by atoms with van der Waals surface area (Å²) >= 11 is 0. The number of likely N-dealkylation sites (tertiary alicyclic amines) is 1. The van der Waals surface area contributed by atoms with Crippen LogP contribution in [0.1, 0.15) is 42.5 Å². The highest BCUT2D eigenvalue weighted by molar-refractivity contribution is 5.95. The SMILES string of the molecule is O=C(c1ccc(O[C@H]2CC[NH2+]C2)c(N2CCC(C(F)(F)F)CC2)c1)N1CCC(Oc2cc(F)cc(N3CC[NH2+]CC3)c2)CC1. The average molecular weight is 622 g/mol. The zero-order valence-electron chi connectivity index (χ0n) is 25.0. The van der Waals surface area contributed by atoms with Crippen LogP contribution in [0.15, 0.2) is 36.4 Å². The number of amides is 1. The summed E-state index contributed by atoms with van der Waals surface area (Å²) in [5.41, 5.74) is 2.02.